The Bertz CT molecular complexity index is 390. The van der Waals surface area contributed by atoms with Crippen molar-refractivity contribution >= 4 is 5.69 Å². The third kappa shape index (κ3) is 1.94. The summed E-state index contributed by atoms with van der Waals surface area (Å²) < 4.78 is 7.28. The highest BCUT2D eigenvalue weighted by molar-refractivity contribution is 5.26. The number of rotatable bonds is 3. The average Bonchev–Trinajstić information content (AvgIpc) is 2.83. The lowest BCUT2D eigenvalue weighted by atomic mass is 10.0. The summed E-state index contributed by atoms with van der Waals surface area (Å²) >= 11 is 0. The van der Waals surface area contributed by atoms with Crippen molar-refractivity contribution in [1.29, 1.82) is 0 Å². The van der Waals surface area contributed by atoms with Gasteiger partial charge in [0.25, 0.3) is 5.69 Å². The standard InChI is InChI=1S/C10H14N2O4/c1-7-4-10(16-9(7)6-13)11-3-2-8(5-11)12(14)15/h2-3,5,7,9-10,13H,4,6H2,1H3/t7?,9-,10-/m0/s1. The molecule has 0 bridgehead atoms. The molecule has 2 heterocycles. The lowest BCUT2D eigenvalue weighted by Gasteiger charge is -2.13. The third-order valence-corrected chi connectivity index (χ3v) is 2.96. The molecule has 1 fully saturated rings. The number of aromatic nitrogens is 1. The van der Waals surface area contributed by atoms with Crippen molar-refractivity contribution < 1.29 is 14.8 Å². The van der Waals surface area contributed by atoms with Crippen molar-refractivity contribution in [3.8, 4) is 0 Å². The molecule has 1 aromatic rings. The van der Waals surface area contributed by atoms with Gasteiger partial charge >= 0.3 is 0 Å². The van der Waals surface area contributed by atoms with Crippen molar-refractivity contribution in [2.45, 2.75) is 25.7 Å². The van der Waals surface area contributed by atoms with Gasteiger partial charge in [0.1, 0.15) is 6.23 Å². The van der Waals surface area contributed by atoms with E-state index in [-0.39, 0.29) is 30.5 Å². The molecule has 6 heteroatoms. The minimum atomic E-state index is -0.432. The van der Waals surface area contributed by atoms with Gasteiger partial charge in [-0.25, -0.2) is 0 Å². The summed E-state index contributed by atoms with van der Waals surface area (Å²) in [5, 5.41) is 19.6. The van der Waals surface area contributed by atoms with E-state index >= 15 is 0 Å². The molecule has 1 aromatic heterocycles. The van der Waals surface area contributed by atoms with Crippen molar-refractivity contribution in [2.24, 2.45) is 5.92 Å². The van der Waals surface area contributed by atoms with E-state index in [2.05, 4.69) is 0 Å². The van der Waals surface area contributed by atoms with E-state index in [1.54, 1.807) is 10.8 Å². The van der Waals surface area contributed by atoms with Gasteiger partial charge in [0, 0.05) is 12.3 Å². The third-order valence-electron chi connectivity index (χ3n) is 2.96. The number of nitrogens with zero attached hydrogens (tertiary/aromatic N) is 2. The number of nitro groups is 1. The molecule has 0 spiro atoms. The molecule has 3 atom stereocenters. The van der Waals surface area contributed by atoms with Crippen LogP contribution in [0.3, 0.4) is 0 Å². The maximum absolute atomic E-state index is 10.5. The van der Waals surface area contributed by atoms with Crippen LogP contribution in [-0.4, -0.2) is 27.3 Å². The summed E-state index contributed by atoms with van der Waals surface area (Å²) in [4.78, 5) is 10.1. The van der Waals surface area contributed by atoms with E-state index in [1.807, 2.05) is 6.92 Å². The fourth-order valence-corrected chi connectivity index (χ4v) is 1.96. The lowest BCUT2D eigenvalue weighted by Crippen LogP contribution is -2.18. The van der Waals surface area contributed by atoms with E-state index < -0.39 is 4.92 Å². The first kappa shape index (κ1) is 11.1. The van der Waals surface area contributed by atoms with Crippen LogP contribution in [0.4, 0.5) is 5.69 Å². The largest absolute Gasteiger partial charge is 0.394 e. The molecule has 1 saturated heterocycles. The Morgan fingerprint density at radius 3 is 3.00 bits per heavy atom. The highest BCUT2D eigenvalue weighted by atomic mass is 16.6. The molecule has 1 aliphatic rings. The predicted molar refractivity (Wildman–Crippen MR) is 55.9 cm³/mol. The number of hydrogen-bond acceptors (Lipinski definition) is 4. The Morgan fingerprint density at radius 2 is 2.50 bits per heavy atom. The van der Waals surface area contributed by atoms with Crippen LogP contribution in [0.5, 0.6) is 0 Å². The van der Waals surface area contributed by atoms with Crippen LogP contribution in [0, 0.1) is 16.0 Å². The molecular weight excluding hydrogens is 212 g/mol. The first-order chi connectivity index (χ1) is 7.61. The van der Waals surface area contributed by atoms with Crippen molar-refractivity contribution in [3.05, 3.63) is 28.6 Å². The van der Waals surface area contributed by atoms with Gasteiger partial charge in [-0.15, -0.1) is 0 Å². The Morgan fingerprint density at radius 1 is 1.75 bits per heavy atom. The predicted octanol–water partition coefficient (Wildman–Crippen LogP) is 1.31. The monoisotopic (exact) mass is 226 g/mol. The van der Waals surface area contributed by atoms with E-state index in [1.165, 1.54) is 12.3 Å². The maximum Gasteiger partial charge on any atom is 0.286 e. The SMILES string of the molecule is CC1C[C@@H](n2ccc([N+](=O)[O-])c2)O[C@H]1CO. The molecule has 0 radical (unpaired) electrons. The molecular formula is C10H14N2O4. The molecule has 0 saturated carbocycles. The molecule has 6 nitrogen and oxygen atoms in total. The molecule has 16 heavy (non-hydrogen) atoms. The first-order valence-electron chi connectivity index (χ1n) is 5.20. The van der Waals surface area contributed by atoms with E-state index in [9.17, 15) is 10.1 Å². The quantitative estimate of drug-likeness (QED) is 0.622. The molecule has 0 amide bonds. The Hall–Kier alpha value is -1.40. The van der Waals surface area contributed by atoms with Crippen LogP contribution in [0.15, 0.2) is 18.5 Å². The van der Waals surface area contributed by atoms with Gasteiger partial charge in [0.05, 0.1) is 23.8 Å². The molecule has 1 unspecified atom stereocenters. The summed E-state index contributed by atoms with van der Waals surface area (Å²) in [5.41, 5.74) is 0.0590. The Kier molecular flexibility index (Phi) is 2.93. The molecule has 0 aliphatic carbocycles. The van der Waals surface area contributed by atoms with Crippen molar-refractivity contribution in [3.63, 3.8) is 0 Å². The Labute approximate surface area is 92.6 Å². The Balaban J connectivity index is 2.11. The maximum atomic E-state index is 10.5. The fraction of sp³-hybridized carbons (Fsp3) is 0.600. The highest BCUT2D eigenvalue weighted by Gasteiger charge is 2.32. The van der Waals surface area contributed by atoms with Gasteiger partial charge < -0.3 is 14.4 Å². The van der Waals surface area contributed by atoms with Crippen LogP contribution in [0.1, 0.15) is 19.6 Å². The zero-order chi connectivity index (χ0) is 11.7. The van der Waals surface area contributed by atoms with Gasteiger partial charge in [-0.1, -0.05) is 6.92 Å². The van der Waals surface area contributed by atoms with E-state index in [0.29, 0.717) is 0 Å². The van der Waals surface area contributed by atoms with Crippen LogP contribution < -0.4 is 0 Å². The second-order valence-corrected chi connectivity index (χ2v) is 4.10. The molecule has 1 aliphatic heterocycles. The van der Waals surface area contributed by atoms with Gasteiger partial charge in [0.15, 0.2) is 0 Å². The normalized spacial score (nSPS) is 29.5. The summed E-state index contributed by atoms with van der Waals surface area (Å²) in [7, 11) is 0. The summed E-state index contributed by atoms with van der Waals surface area (Å²) in [5.74, 6) is 0.261. The smallest absolute Gasteiger partial charge is 0.286 e. The van der Waals surface area contributed by atoms with Crippen LogP contribution >= 0.6 is 0 Å². The van der Waals surface area contributed by atoms with Crippen molar-refractivity contribution in [2.75, 3.05) is 6.61 Å². The second-order valence-electron chi connectivity index (χ2n) is 4.10. The number of aliphatic hydroxyl groups is 1. The first-order valence-corrected chi connectivity index (χ1v) is 5.20. The molecule has 2 rings (SSSR count). The minimum absolute atomic E-state index is 0.0129. The number of ether oxygens (including phenoxy) is 1. The zero-order valence-electron chi connectivity index (χ0n) is 8.94. The molecule has 0 aromatic carbocycles. The van der Waals surface area contributed by atoms with Crippen LogP contribution in [0.2, 0.25) is 0 Å². The van der Waals surface area contributed by atoms with Gasteiger partial charge in [0.2, 0.25) is 0 Å². The van der Waals surface area contributed by atoms with E-state index in [4.69, 9.17) is 9.84 Å². The fourth-order valence-electron chi connectivity index (χ4n) is 1.96. The van der Waals surface area contributed by atoms with Crippen LogP contribution in [-0.2, 0) is 4.74 Å². The summed E-state index contributed by atoms with van der Waals surface area (Å²) in [6.45, 7) is 1.99. The van der Waals surface area contributed by atoms with Gasteiger partial charge in [-0.05, 0) is 12.3 Å². The van der Waals surface area contributed by atoms with Crippen molar-refractivity contribution in [1.82, 2.24) is 4.57 Å². The second kappa shape index (κ2) is 4.23. The molecule has 1 N–H and O–H groups in total. The van der Waals surface area contributed by atoms with Crippen LogP contribution in [0.25, 0.3) is 0 Å². The van der Waals surface area contributed by atoms with Gasteiger partial charge in [-0.2, -0.15) is 0 Å². The van der Waals surface area contributed by atoms with E-state index in [0.717, 1.165) is 6.42 Å². The number of hydrogen-bond donors (Lipinski definition) is 1. The minimum Gasteiger partial charge on any atom is -0.394 e. The zero-order valence-corrected chi connectivity index (χ0v) is 8.94. The topological polar surface area (TPSA) is 77.5 Å². The average molecular weight is 226 g/mol. The highest BCUT2D eigenvalue weighted by Crippen LogP contribution is 2.33. The summed E-state index contributed by atoms with van der Waals surface area (Å²) in [6, 6.07) is 1.44. The van der Waals surface area contributed by atoms with Gasteiger partial charge in [-0.3, -0.25) is 10.1 Å². The summed E-state index contributed by atoms with van der Waals surface area (Å²) in [6.07, 6.45) is 3.47. The lowest BCUT2D eigenvalue weighted by molar-refractivity contribution is -0.384. The molecule has 88 valence electrons. The number of aliphatic hydroxyl groups excluding tert-OH is 1.